The van der Waals surface area contributed by atoms with Gasteiger partial charge in [0.15, 0.2) is 10.9 Å². The van der Waals surface area contributed by atoms with Gasteiger partial charge in [0.2, 0.25) is 5.91 Å². The lowest BCUT2D eigenvalue weighted by Gasteiger charge is -2.31. The summed E-state index contributed by atoms with van der Waals surface area (Å²) in [5.41, 5.74) is -0.181. The van der Waals surface area contributed by atoms with Crippen molar-refractivity contribution in [3.63, 3.8) is 0 Å². The standard InChI is InChI=1S/C22H20F3N3O3S/c23-22(24,25)16-6-1-4-14(10-16)11-17-12-26-21(32-17)27-19(29)15-5-2-8-28(13-15)20(30)18-7-3-9-31-18/h1,3-4,6-7,9-10,12,15H,2,5,8,11,13H2,(H,26,27,29). The Morgan fingerprint density at radius 2 is 2.09 bits per heavy atom. The maximum absolute atomic E-state index is 12.9. The van der Waals surface area contributed by atoms with Gasteiger partial charge in [-0.15, -0.1) is 11.3 Å². The van der Waals surface area contributed by atoms with Crippen LogP contribution in [0.1, 0.15) is 39.4 Å². The van der Waals surface area contributed by atoms with Gasteiger partial charge < -0.3 is 14.6 Å². The maximum atomic E-state index is 12.9. The first-order valence-electron chi connectivity index (χ1n) is 10.0. The van der Waals surface area contributed by atoms with Crippen LogP contribution in [0.25, 0.3) is 0 Å². The molecule has 4 rings (SSSR count). The fraction of sp³-hybridized carbons (Fsp3) is 0.318. The number of aromatic nitrogens is 1. The van der Waals surface area contributed by atoms with Crippen LogP contribution in [0.3, 0.4) is 0 Å². The van der Waals surface area contributed by atoms with Gasteiger partial charge in [0, 0.05) is 30.6 Å². The van der Waals surface area contributed by atoms with Crippen molar-refractivity contribution >= 4 is 28.3 Å². The number of piperidine rings is 1. The molecule has 2 aromatic heterocycles. The third kappa shape index (κ3) is 5.18. The topological polar surface area (TPSA) is 75.4 Å². The van der Waals surface area contributed by atoms with E-state index in [0.717, 1.165) is 17.0 Å². The molecular formula is C22H20F3N3O3S. The van der Waals surface area contributed by atoms with E-state index >= 15 is 0 Å². The molecule has 0 saturated carbocycles. The number of halogens is 3. The van der Waals surface area contributed by atoms with Crippen LogP contribution in [0.4, 0.5) is 18.3 Å². The van der Waals surface area contributed by atoms with Gasteiger partial charge in [-0.3, -0.25) is 9.59 Å². The van der Waals surface area contributed by atoms with E-state index in [4.69, 9.17) is 4.42 Å². The van der Waals surface area contributed by atoms with Crippen LogP contribution >= 0.6 is 11.3 Å². The summed E-state index contributed by atoms with van der Waals surface area (Å²) < 4.78 is 43.9. The molecule has 6 nitrogen and oxygen atoms in total. The predicted molar refractivity (Wildman–Crippen MR) is 112 cm³/mol. The molecule has 0 spiro atoms. The summed E-state index contributed by atoms with van der Waals surface area (Å²) in [6.07, 6.45) is 0.218. The Balaban J connectivity index is 1.36. The highest BCUT2D eigenvalue weighted by atomic mass is 32.1. The summed E-state index contributed by atoms with van der Waals surface area (Å²) in [6, 6.07) is 8.38. The van der Waals surface area contributed by atoms with Gasteiger partial charge >= 0.3 is 6.18 Å². The predicted octanol–water partition coefficient (Wildman–Crippen LogP) is 4.84. The zero-order chi connectivity index (χ0) is 22.7. The number of carbonyl (C=O) groups is 2. The lowest BCUT2D eigenvalue weighted by atomic mass is 9.97. The monoisotopic (exact) mass is 463 g/mol. The van der Waals surface area contributed by atoms with Gasteiger partial charge in [0.1, 0.15) is 0 Å². The van der Waals surface area contributed by atoms with Gasteiger partial charge in [-0.2, -0.15) is 13.2 Å². The fourth-order valence-electron chi connectivity index (χ4n) is 3.64. The third-order valence-corrected chi connectivity index (χ3v) is 6.14. The van der Waals surface area contributed by atoms with Crippen molar-refractivity contribution in [1.82, 2.24) is 9.88 Å². The molecule has 168 valence electrons. The summed E-state index contributed by atoms with van der Waals surface area (Å²) in [5, 5.41) is 3.16. The van der Waals surface area contributed by atoms with Crippen LogP contribution in [-0.4, -0.2) is 34.8 Å². The second-order valence-corrected chi connectivity index (χ2v) is 8.68. The summed E-state index contributed by atoms with van der Waals surface area (Å²) in [6.45, 7) is 0.843. The minimum atomic E-state index is -4.39. The highest BCUT2D eigenvalue weighted by Crippen LogP contribution is 2.31. The summed E-state index contributed by atoms with van der Waals surface area (Å²) >= 11 is 1.22. The average Bonchev–Trinajstić information content (AvgIpc) is 3.45. The molecule has 0 aliphatic carbocycles. The second kappa shape index (κ2) is 9.15. The van der Waals surface area contributed by atoms with Gasteiger partial charge in [-0.05, 0) is 36.6 Å². The van der Waals surface area contributed by atoms with Crippen LogP contribution in [0.15, 0.2) is 53.3 Å². The Hall–Kier alpha value is -3.14. The summed E-state index contributed by atoms with van der Waals surface area (Å²) in [5.74, 6) is -0.615. The first kappa shape index (κ1) is 22.1. The van der Waals surface area contributed by atoms with Gasteiger partial charge in [0.05, 0.1) is 17.7 Å². The number of nitrogens with one attached hydrogen (secondary N) is 1. The lowest BCUT2D eigenvalue weighted by Crippen LogP contribution is -2.43. The molecule has 1 atom stereocenters. The average molecular weight is 463 g/mol. The Morgan fingerprint density at radius 1 is 1.25 bits per heavy atom. The minimum Gasteiger partial charge on any atom is -0.459 e. The highest BCUT2D eigenvalue weighted by Gasteiger charge is 2.31. The molecule has 3 aromatic rings. The quantitative estimate of drug-likeness (QED) is 0.588. The van der Waals surface area contributed by atoms with E-state index in [0.29, 0.717) is 30.1 Å². The maximum Gasteiger partial charge on any atom is 0.416 e. The number of likely N-dealkylation sites (tertiary alicyclic amines) is 1. The van der Waals surface area contributed by atoms with E-state index in [-0.39, 0.29) is 36.5 Å². The number of nitrogens with zero attached hydrogens (tertiary/aromatic N) is 2. The summed E-state index contributed by atoms with van der Waals surface area (Å²) in [7, 11) is 0. The van der Waals surface area contributed by atoms with Gasteiger partial charge in [-0.1, -0.05) is 18.2 Å². The lowest BCUT2D eigenvalue weighted by molar-refractivity contribution is -0.137. The molecule has 10 heteroatoms. The van der Waals surface area contributed by atoms with Crippen LogP contribution in [0.2, 0.25) is 0 Å². The number of rotatable bonds is 5. The first-order valence-corrected chi connectivity index (χ1v) is 10.9. The molecule has 1 saturated heterocycles. The number of carbonyl (C=O) groups excluding carboxylic acids is 2. The zero-order valence-electron chi connectivity index (χ0n) is 16.9. The number of thiazole rings is 1. The molecule has 2 amide bonds. The molecule has 1 aliphatic rings. The van der Waals surface area contributed by atoms with E-state index in [1.54, 1.807) is 29.3 Å². The Morgan fingerprint density at radius 3 is 2.84 bits per heavy atom. The van der Waals surface area contributed by atoms with Crippen molar-refractivity contribution in [2.45, 2.75) is 25.4 Å². The van der Waals surface area contributed by atoms with Crippen molar-refractivity contribution in [3.8, 4) is 0 Å². The first-order chi connectivity index (χ1) is 15.3. The van der Waals surface area contributed by atoms with Crippen molar-refractivity contribution in [2.75, 3.05) is 18.4 Å². The van der Waals surface area contributed by atoms with Crippen molar-refractivity contribution < 1.29 is 27.2 Å². The van der Waals surface area contributed by atoms with E-state index in [2.05, 4.69) is 10.3 Å². The van der Waals surface area contributed by atoms with E-state index in [9.17, 15) is 22.8 Å². The number of alkyl halides is 3. The highest BCUT2D eigenvalue weighted by molar-refractivity contribution is 7.15. The number of amides is 2. The molecule has 0 radical (unpaired) electrons. The molecule has 1 unspecified atom stereocenters. The normalized spacial score (nSPS) is 16.7. The zero-order valence-corrected chi connectivity index (χ0v) is 17.7. The van der Waals surface area contributed by atoms with Gasteiger partial charge in [-0.25, -0.2) is 4.98 Å². The van der Waals surface area contributed by atoms with E-state index in [1.165, 1.54) is 23.7 Å². The van der Waals surface area contributed by atoms with Crippen molar-refractivity contribution in [2.24, 2.45) is 5.92 Å². The Bertz CT molecular complexity index is 1100. The van der Waals surface area contributed by atoms with Crippen molar-refractivity contribution in [3.05, 3.63) is 70.6 Å². The molecular weight excluding hydrogens is 443 g/mol. The Labute approximate surface area is 186 Å². The second-order valence-electron chi connectivity index (χ2n) is 7.56. The number of anilines is 1. The molecule has 1 fully saturated rings. The largest absolute Gasteiger partial charge is 0.459 e. The van der Waals surface area contributed by atoms with E-state index in [1.807, 2.05) is 0 Å². The Kier molecular flexibility index (Phi) is 6.31. The third-order valence-electron chi connectivity index (χ3n) is 5.23. The molecule has 32 heavy (non-hydrogen) atoms. The number of hydrogen-bond donors (Lipinski definition) is 1. The minimum absolute atomic E-state index is 0.234. The molecule has 1 aromatic carbocycles. The number of hydrogen-bond acceptors (Lipinski definition) is 5. The number of furan rings is 1. The molecule has 0 bridgehead atoms. The van der Waals surface area contributed by atoms with Gasteiger partial charge in [0.25, 0.3) is 5.91 Å². The SMILES string of the molecule is O=C(Nc1ncc(Cc2cccc(C(F)(F)F)c2)s1)C1CCCN(C(=O)c2ccco2)C1. The molecule has 3 heterocycles. The molecule has 1 N–H and O–H groups in total. The molecule has 1 aliphatic heterocycles. The fourth-order valence-corrected chi connectivity index (χ4v) is 4.49. The van der Waals surface area contributed by atoms with Crippen LogP contribution in [0, 0.1) is 5.92 Å². The smallest absolute Gasteiger partial charge is 0.416 e. The van der Waals surface area contributed by atoms with E-state index < -0.39 is 11.7 Å². The van der Waals surface area contributed by atoms with Crippen LogP contribution < -0.4 is 5.32 Å². The summed E-state index contributed by atoms with van der Waals surface area (Å²) in [4.78, 5) is 31.7. The van der Waals surface area contributed by atoms with Crippen LogP contribution in [0.5, 0.6) is 0 Å². The number of benzene rings is 1. The van der Waals surface area contributed by atoms with Crippen LogP contribution in [-0.2, 0) is 17.4 Å². The van der Waals surface area contributed by atoms with Crippen molar-refractivity contribution in [1.29, 1.82) is 0 Å².